The van der Waals surface area contributed by atoms with Crippen molar-refractivity contribution in [3.63, 3.8) is 0 Å². The number of phenolic OH excluding ortho intramolecular Hbond substituents is 1. The number of benzene rings is 2. The van der Waals surface area contributed by atoms with Gasteiger partial charge >= 0.3 is 0 Å². The minimum atomic E-state index is 0.195. The Morgan fingerprint density at radius 2 is 1.92 bits per heavy atom. The summed E-state index contributed by atoms with van der Waals surface area (Å²) in [5.74, 6) is 0.882. The molecule has 2 aromatic carbocycles. The molecule has 0 aromatic heterocycles. The van der Waals surface area contributed by atoms with Crippen molar-refractivity contribution in [2.75, 3.05) is 27.2 Å². The number of aromatic hydroxyl groups is 1. The number of nitrogens with one attached hydrogen (secondary N) is 1. The molecule has 0 fully saturated rings. The maximum atomic E-state index is 10.1. The molecule has 2 aromatic rings. The van der Waals surface area contributed by atoms with Gasteiger partial charge in [-0.15, -0.1) is 0 Å². The Kier molecular flexibility index (Phi) is 6.82. The Hall–Kier alpha value is -2.33. The summed E-state index contributed by atoms with van der Waals surface area (Å²) < 4.78 is 5.52. The number of nitrogens with zero attached hydrogens (tertiary/aromatic N) is 1. The van der Waals surface area contributed by atoms with Crippen molar-refractivity contribution < 1.29 is 14.7 Å². The van der Waals surface area contributed by atoms with Gasteiger partial charge in [0, 0.05) is 23.4 Å². The third kappa shape index (κ3) is 5.10. The lowest BCUT2D eigenvalue weighted by Crippen LogP contribution is -3.06. The minimum Gasteiger partial charge on any atom is -0.507 e. The van der Waals surface area contributed by atoms with Crippen LogP contribution in [0.2, 0.25) is 0 Å². The first-order valence-electron chi connectivity index (χ1n) is 8.42. The SMILES string of the molecule is CCCOc1ccc(C=NC[C@@H](c2ccccc2)[NH+](C)C)c(O)c1. The van der Waals surface area contributed by atoms with Gasteiger partial charge in [-0.3, -0.25) is 4.99 Å². The Labute approximate surface area is 144 Å². The summed E-state index contributed by atoms with van der Waals surface area (Å²) in [4.78, 5) is 5.87. The van der Waals surface area contributed by atoms with Crippen molar-refractivity contribution in [3.8, 4) is 11.5 Å². The summed E-state index contributed by atoms with van der Waals surface area (Å²) in [5, 5.41) is 10.1. The highest BCUT2D eigenvalue weighted by atomic mass is 16.5. The minimum absolute atomic E-state index is 0.195. The van der Waals surface area contributed by atoms with Crippen LogP contribution in [0.15, 0.2) is 53.5 Å². The Balaban J connectivity index is 2.04. The molecule has 128 valence electrons. The highest BCUT2D eigenvalue weighted by Crippen LogP contribution is 2.22. The van der Waals surface area contributed by atoms with Gasteiger partial charge in [-0.1, -0.05) is 37.3 Å². The fraction of sp³-hybridized carbons (Fsp3) is 0.350. The molecule has 0 unspecified atom stereocenters. The molecule has 0 aliphatic carbocycles. The molecule has 4 nitrogen and oxygen atoms in total. The highest BCUT2D eigenvalue weighted by molar-refractivity contribution is 5.83. The van der Waals surface area contributed by atoms with E-state index in [0.29, 0.717) is 24.5 Å². The summed E-state index contributed by atoms with van der Waals surface area (Å²) in [5.41, 5.74) is 1.97. The van der Waals surface area contributed by atoms with E-state index in [1.807, 2.05) is 18.2 Å². The van der Waals surface area contributed by atoms with Crippen LogP contribution in [-0.2, 0) is 0 Å². The van der Waals surface area contributed by atoms with E-state index in [1.54, 1.807) is 12.3 Å². The third-order valence-corrected chi connectivity index (χ3v) is 3.89. The summed E-state index contributed by atoms with van der Waals surface area (Å²) >= 11 is 0. The number of hydrogen-bond acceptors (Lipinski definition) is 3. The zero-order valence-electron chi connectivity index (χ0n) is 14.7. The van der Waals surface area contributed by atoms with E-state index >= 15 is 0 Å². The van der Waals surface area contributed by atoms with Gasteiger partial charge in [0.2, 0.25) is 0 Å². The van der Waals surface area contributed by atoms with Crippen LogP contribution in [0.5, 0.6) is 11.5 Å². The van der Waals surface area contributed by atoms with Crippen LogP contribution in [0.3, 0.4) is 0 Å². The third-order valence-electron chi connectivity index (χ3n) is 3.89. The maximum absolute atomic E-state index is 10.1. The van der Waals surface area contributed by atoms with Crippen molar-refractivity contribution >= 4 is 6.21 Å². The average Bonchev–Trinajstić information content (AvgIpc) is 2.58. The van der Waals surface area contributed by atoms with Crippen LogP contribution >= 0.6 is 0 Å². The van der Waals surface area contributed by atoms with Gasteiger partial charge < -0.3 is 14.7 Å². The second-order valence-electron chi connectivity index (χ2n) is 6.10. The lowest BCUT2D eigenvalue weighted by molar-refractivity contribution is -0.890. The van der Waals surface area contributed by atoms with Crippen molar-refractivity contribution in [2.45, 2.75) is 19.4 Å². The molecule has 0 saturated carbocycles. The molecule has 0 bridgehead atoms. The second kappa shape index (κ2) is 9.08. The molecule has 1 atom stereocenters. The molecule has 2 rings (SSSR count). The van der Waals surface area contributed by atoms with E-state index in [0.717, 1.165) is 6.42 Å². The number of quaternary nitrogens is 1. The number of ether oxygens (including phenoxy) is 1. The van der Waals surface area contributed by atoms with Crippen LogP contribution < -0.4 is 9.64 Å². The van der Waals surface area contributed by atoms with Crippen molar-refractivity contribution in [3.05, 3.63) is 59.7 Å². The largest absolute Gasteiger partial charge is 0.507 e. The molecule has 0 saturated heterocycles. The predicted molar refractivity (Wildman–Crippen MR) is 98.3 cm³/mol. The van der Waals surface area contributed by atoms with Crippen molar-refractivity contribution in [2.24, 2.45) is 4.99 Å². The number of likely N-dealkylation sites (N-methyl/N-ethyl adjacent to an activating group) is 1. The van der Waals surface area contributed by atoms with Crippen molar-refractivity contribution in [1.82, 2.24) is 0 Å². The highest BCUT2D eigenvalue weighted by Gasteiger charge is 2.16. The van der Waals surface area contributed by atoms with Crippen LogP contribution in [0.1, 0.15) is 30.5 Å². The van der Waals surface area contributed by atoms with Gasteiger partial charge in [-0.25, -0.2) is 0 Å². The molecule has 4 heteroatoms. The lowest BCUT2D eigenvalue weighted by Gasteiger charge is -2.19. The van der Waals surface area contributed by atoms with E-state index in [4.69, 9.17) is 4.74 Å². The van der Waals surface area contributed by atoms with E-state index in [9.17, 15) is 5.11 Å². The van der Waals surface area contributed by atoms with E-state index < -0.39 is 0 Å². The van der Waals surface area contributed by atoms with Crippen molar-refractivity contribution in [1.29, 1.82) is 0 Å². The average molecular weight is 327 g/mol. The summed E-state index contributed by atoms with van der Waals surface area (Å²) in [6, 6.07) is 16.0. The fourth-order valence-electron chi connectivity index (χ4n) is 2.51. The monoisotopic (exact) mass is 327 g/mol. The zero-order chi connectivity index (χ0) is 17.4. The van der Waals surface area contributed by atoms with Crippen LogP contribution in [0.4, 0.5) is 0 Å². The lowest BCUT2D eigenvalue weighted by atomic mass is 10.1. The molecule has 0 amide bonds. The molecule has 0 aliphatic rings. The topological polar surface area (TPSA) is 46.3 Å². The van der Waals surface area contributed by atoms with Crippen LogP contribution in [-0.4, -0.2) is 38.6 Å². The molecule has 0 spiro atoms. The Bertz CT molecular complexity index is 654. The molecular weight excluding hydrogens is 300 g/mol. The van der Waals surface area contributed by atoms with Gasteiger partial charge in [0.1, 0.15) is 17.5 Å². The Morgan fingerprint density at radius 1 is 1.17 bits per heavy atom. The normalized spacial score (nSPS) is 12.7. The first kappa shape index (κ1) is 18.0. The van der Waals surface area contributed by atoms with E-state index in [2.05, 4.69) is 50.3 Å². The predicted octanol–water partition coefficient (Wildman–Crippen LogP) is 2.49. The molecule has 0 heterocycles. The first-order chi connectivity index (χ1) is 11.6. The Morgan fingerprint density at radius 3 is 2.54 bits per heavy atom. The maximum Gasteiger partial charge on any atom is 0.132 e. The molecule has 24 heavy (non-hydrogen) atoms. The zero-order valence-corrected chi connectivity index (χ0v) is 14.7. The van der Waals surface area contributed by atoms with Crippen LogP contribution in [0, 0.1) is 0 Å². The first-order valence-corrected chi connectivity index (χ1v) is 8.42. The number of phenols is 1. The van der Waals surface area contributed by atoms with Crippen LogP contribution in [0.25, 0.3) is 0 Å². The molecule has 2 N–H and O–H groups in total. The van der Waals surface area contributed by atoms with Gasteiger partial charge in [-0.2, -0.15) is 0 Å². The fourth-order valence-corrected chi connectivity index (χ4v) is 2.51. The second-order valence-corrected chi connectivity index (χ2v) is 6.10. The summed E-state index contributed by atoms with van der Waals surface area (Å²) in [6.07, 6.45) is 2.68. The van der Waals surface area contributed by atoms with E-state index in [-0.39, 0.29) is 11.8 Å². The van der Waals surface area contributed by atoms with Gasteiger partial charge in [-0.05, 0) is 18.6 Å². The standard InChI is InChI=1S/C20H26N2O2/c1-4-12-24-18-11-10-17(20(23)13-18)14-21-15-19(22(2)3)16-8-6-5-7-9-16/h5-11,13-14,19,23H,4,12,15H2,1-3H3/p+1/t19-/m0/s1. The molecular formula is C20H27N2O2+. The van der Waals surface area contributed by atoms with Gasteiger partial charge in [0.15, 0.2) is 0 Å². The van der Waals surface area contributed by atoms with Gasteiger partial charge in [0.05, 0.1) is 27.2 Å². The molecule has 0 radical (unpaired) electrons. The molecule has 0 aliphatic heterocycles. The number of aliphatic imine (C=N–C) groups is 1. The van der Waals surface area contributed by atoms with E-state index in [1.165, 1.54) is 10.5 Å². The summed E-state index contributed by atoms with van der Waals surface area (Å²) in [6.45, 7) is 3.37. The summed E-state index contributed by atoms with van der Waals surface area (Å²) in [7, 11) is 4.26. The number of rotatable bonds is 8. The smallest absolute Gasteiger partial charge is 0.132 e. The van der Waals surface area contributed by atoms with Gasteiger partial charge in [0.25, 0.3) is 0 Å². The number of hydrogen-bond donors (Lipinski definition) is 2. The quantitative estimate of drug-likeness (QED) is 0.732.